The number of nitrogens with zero attached hydrogens (tertiary/aromatic N) is 1. The first-order chi connectivity index (χ1) is 4.76. The van der Waals surface area contributed by atoms with Gasteiger partial charge in [0, 0.05) is 0 Å². The summed E-state index contributed by atoms with van der Waals surface area (Å²) >= 11 is 0. The maximum Gasteiger partial charge on any atom is 0.362 e. The Hall–Kier alpha value is -1.39. The van der Waals surface area contributed by atoms with Crippen LogP contribution in [0.15, 0.2) is 17.1 Å². The van der Waals surface area contributed by atoms with Crippen molar-refractivity contribution in [3.8, 4) is 0 Å². The first-order valence-corrected chi connectivity index (χ1v) is 2.65. The lowest BCUT2D eigenvalue weighted by atomic mass is 10.5. The highest BCUT2D eigenvalue weighted by molar-refractivity contribution is 5.87. The van der Waals surface area contributed by atoms with Crippen molar-refractivity contribution in [2.75, 3.05) is 6.61 Å². The molecule has 0 aliphatic carbocycles. The molecule has 0 bridgehead atoms. The van der Waals surface area contributed by atoms with E-state index >= 15 is 0 Å². The molecular weight excluding hydrogens is 136 g/mol. The molecular formula is C5H8N2O3. The van der Waals surface area contributed by atoms with E-state index in [0.717, 1.165) is 0 Å². The van der Waals surface area contributed by atoms with Crippen LogP contribution >= 0.6 is 0 Å². The fourth-order valence-electron chi connectivity index (χ4n) is 0.332. The molecule has 0 amide bonds. The molecule has 0 fully saturated rings. The Morgan fingerprint density at radius 3 is 2.80 bits per heavy atom. The number of ether oxygens (including phenoxy) is 1. The van der Waals surface area contributed by atoms with Gasteiger partial charge in [0.15, 0.2) is 0 Å². The fraction of sp³-hybridized carbons (Fsp3) is 0.400. The second kappa shape index (κ2) is 4.49. The summed E-state index contributed by atoms with van der Waals surface area (Å²) in [5, 5.41) is 11.0. The lowest BCUT2D eigenvalue weighted by Gasteiger charge is -1.96. The predicted octanol–water partition coefficient (Wildman–Crippen LogP) is 0.980. The van der Waals surface area contributed by atoms with E-state index in [1.165, 1.54) is 0 Å². The van der Waals surface area contributed by atoms with Gasteiger partial charge >= 0.3 is 5.97 Å². The van der Waals surface area contributed by atoms with E-state index in [4.69, 9.17) is 10.6 Å². The maximum atomic E-state index is 10.5. The van der Waals surface area contributed by atoms with Gasteiger partial charge in [-0.15, -0.1) is 5.11 Å². The number of nitrogens with one attached hydrogen (secondary N) is 1. The van der Waals surface area contributed by atoms with Gasteiger partial charge in [-0.3, -0.25) is 0 Å². The van der Waals surface area contributed by atoms with Gasteiger partial charge in [-0.05, 0) is 6.92 Å². The van der Waals surface area contributed by atoms with Crippen molar-refractivity contribution in [3.63, 3.8) is 0 Å². The lowest BCUT2D eigenvalue weighted by Crippen LogP contribution is -2.05. The molecule has 0 unspecified atom stereocenters. The molecule has 10 heavy (non-hydrogen) atoms. The molecule has 0 radical (unpaired) electrons. The molecule has 0 spiro atoms. The third-order valence-electron chi connectivity index (χ3n) is 0.727. The van der Waals surface area contributed by atoms with Crippen LogP contribution in [-0.4, -0.2) is 17.7 Å². The minimum atomic E-state index is -0.792. The summed E-state index contributed by atoms with van der Waals surface area (Å²) in [6.07, 6.45) is 0.436. The SMILES string of the molecule is CCOC(=O)/C(=C/O)N=N. The van der Waals surface area contributed by atoms with E-state index in [2.05, 4.69) is 9.85 Å². The molecule has 0 aromatic carbocycles. The third kappa shape index (κ3) is 2.25. The van der Waals surface area contributed by atoms with Crippen molar-refractivity contribution in [2.24, 2.45) is 5.11 Å². The first kappa shape index (κ1) is 8.61. The van der Waals surface area contributed by atoms with E-state index in [-0.39, 0.29) is 6.61 Å². The summed E-state index contributed by atoms with van der Waals surface area (Å²) in [5.74, 6) is -0.792. The van der Waals surface area contributed by atoms with Crippen LogP contribution < -0.4 is 0 Å². The summed E-state index contributed by atoms with van der Waals surface area (Å²) in [5.41, 5.74) is 5.96. The van der Waals surface area contributed by atoms with Gasteiger partial charge in [0.2, 0.25) is 5.70 Å². The van der Waals surface area contributed by atoms with Crippen molar-refractivity contribution >= 4 is 5.97 Å². The molecule has 0 aromatic heterocycles. The van der Waals surface area contributed by atoms with Crippen LogP contribution in [0.5, 0.6) is 0 Å². The molecule has 0 rings (SSSR count). The molecule has 0 saturated carbocycles. The van der Waals surface area contributed by atoms with Crippen LogP contribution in [0, 0.1) is 5.53 Å². The Kier molecular flexibility index (Phi) is 3.86. The molecule has 2 N–H and O–H groups in total. The number of carbonyl (C=O) groups excluding carboxylic acids is 1. The molecule has 0 aliphatic rings. The fourth-order valence-corrected chi connectivity index (χ4v) is 0.332. The monoisotopic (exact) mass is 144 g/mol. The first-order valence-electron chi connectivity index (χ1n) is 2.65. The van der Waals surface area contributed by atoms with Crippen molar-refractivity contribution in [1.29, 1.82) is 5.53 Å². The van der Waals surface area contributed by atoms with Gasteiger partial charge in [0.05, 0.1) is 6.61 Å². The summed E-state index contributed by atoms with van der Waals surface area (Å²) in [7, 11) is 0. The number of aliphatic hydroxyl groups is 1. The molecule has 5 heteroatoms. The van der Waals surface area contributed by atoms with E-state index in [0.29, 0.717) is 6.26 Å². The smallest absolute Gasteiger partial charge is 0.362 e. The summed E-state index contributed by atoms with van der Waals surface area (Å²) in [6, 6.07) is 0. The minimum absolute atomic E-state index is 0.200. The Morgan fingerprint density at radius 1 is 1.90 bits per heavy atom. The van der Waals surface area contributed by atoms with Crippen molar-refractivity contribution in [1.82, 2.24) is 0 Å². The van der Waals surface area contributed by atoms with Gasteiger partial charge in [0.25, 0.3) is 0 Å². The van der Waals surface area contributed by atoms with Crippen LogP contribution in [0.3, 0.4) is 0 Å². The normalized spacial score (nSPS) is 10.7. The van der Waals surface area contributed by atoms with Crippen LogP contribution in [-0.2, 0) is 9.53 Å². The second-order valence-corrected chi connectivity index (χ2v) is 1.35. The maximum absolute atomic E-state index is 10.5. The Balaban J connectivity index is 4.04. The summed E-state index contributed by atoms with van der Waals surface area (Å²) < 4.78 is 4.40. The summed E-state index contributed by atoms with van der Waals surface area (Å²) in [4.78, 5) is 10.5. The number of hydrogen-bond donors (Lipinski definition) is 2. The quantitative estimate of drug-likeness (QED) is 0.268. The van der Waals surface area contributed by atoms with Crippen molar-refractivity contribution < 1.29 is 14.6 Å². The van der Waals surface area contributed by atoms with E-state index < -0.39 is 11.7 Å². The molecule has 0 atom stereocenters. The van der Waals surface area contributed by atoms with Gasteiger partial charge < -0.3 is 9.84 Å². The van der Waals surface area contributed by atoms with E-state index in [1.807, 2.05) is 0 Å². The van der Waals surface area contributed by atoms with Crippen LogP contribution in [0.1, 0.15) is 6.92 Å². The highest BCUT2D eigenvalue weighted by Gasteiger charge is 2.07. The highest BCUT2D eigenvalue weighted by Crippen LogP contribution is 1.96. The number of esters is 1. The topological polar surface area (TPSA) is 82.7 Å². The van der Waals surface area contributed by atoms with Gasteiger partial charge in [-0.2, -0.15) is 0 Å². The standard InChI is InChI=1S/C5H8N2O3/c1-2-10-5(9)4(3-8)7-6/h3,6,8H,2H2,1H3/b4-3-,7-6?. The van der Waals surface area contributed by atoms with Crippen LogP contribution in [0.2, 0.25) is 0 Å². The van der Waals surface area contributed by atoms with E-state index in [9.17, 15) is 4.79 Å². The Labute approximate surface area is 57.8 Å². The molecule has 0 aromatic rings. The molecule has 5 nitrogen and oxygen atoms in total. The van der Waals surface area contributed by atoms with E-state index in [1.54, 1.807) is 6.92 Å². The zero-order valence-corrected chi connectivity index (χ0v) is 5.50. The lowest BCUT2D eigenvalue weighted by molar-refractivity contribution is -0.138. The summed E-state index contributed by atoms with van der Waals surface area (Å²) in [6.45, 7) is 1.82. The zero-order valence-electron chi connectivity index (χ0n) is 5.50. The number of rotatable bonds is 3. The molecule has 0 saturated heterocycles. The largest absolute Gasteiger partial charge is 0.513 e. The third-order valence-corrected chi connectivity index (χ3v) is 0.727. The van der Waals surface area contributed by atoms with Gasteiger partial charge in [0.1, 0.15) is 6.26 Å². The van der Waals surface area contributed by atoms with Gasteiger partial charge in [-0.1, -0.05) is 0 Å². The predicted molar refractivity (Wildman–Crippen MR) is 32.5 cm³/mol. The highest BCUT2D eigenvalue weighted by atomic mass is 16.5. The molecule has 0 aliphatic heterocycles. The van der Waals surface area contributed by atoms with Crippen molar-refractivity contribution in [2.45, 2.75) is 6.92 Å². The second-order valence-electron chi connectivity index (χ2n) is 1.35. The van der Waals surface area contributed by atoms with Gasteiger partial charge in [-0.25, -0.2) is 10.3 Å². The van der Waals surface area contributed by atoms with Crippen molar-refractivity contribution in [3.05, 3.63) is 12.0 Å². The molecule has 56 valence electrons. The Morgan fingerprint density at radius 2 is 2.50 bits per heavy atom. The molecule has 0 heterocycles. The Bertz CT molecular complexity index is 164. The van der Waals surface area contributed by atoms with Crippen LogP contribution in [0.25, 0.3) is 0 Å². The number of hydrogen-bond acceptors (Lipinski definition) is 5. The van der Waals surface area contributed by atoms with Crippen LogP contribution in [0.4, 0.5) is 0 Å². The number of carbonyl (C=O) groups is 1. The number of aliphatic hydroxyl groups excluding tert-OH is 1. The minimum Gasteiger partial charge on any atom is -0.513 e. The average molecular weight is 144 g/mol. The average Bonchev–Trinajstić information content (AvgIpc) is 1.91. The zero-order chi connectivity index (χ0) is 7.98.